The van der Waals surface area contributed by atoms with Crippen LogP contribution in [0.5, 0.6) is 5.75 Å². The Morgan fingerprint density at radius 1 is 0.674 bits per heavy atom. The van der Waals surface area contributed by atoms with Crippen molar-refractivity contribution in [2.24, 2.45) is 0 Å². The van der Waals surface area contributed by atoms with Gasteiger partial charge in [-0.1, -0.05) is 116 Å². The van der Waals surface area contributed by atoms with Gasteiger partial charge in [0.2, 0.25) is 0 Å². The molecule has 0 amide bonds. The van der Waals surface area contributed by atoms with E-state index in [0.29, 0.717) is 5.52 Å². The zero-order valence-electron chi connectivity index (χ0n) is 25.4. The van der Waals surface area contributed by atoms with Crippen LogP contribution in [0, 0.1) is 6.07 Å². The van der Waals surface area contributed by atoms with Gasteiger partial charge in [0.25, 0.3) is 0 Å². The molecule has 0 aliphatic carbocycles. The van der Waals surface area contributed by atoms with Crippen molar-refractivity contribution in [1.29, 1.82) is 0 Å². The van der Waals surface area contributed by atoms with Crippen molar-refractivity contribution in [2.45, 2.75) is 19.3 Å². The standard InChI is InChI=1S/C41H30N3O.Pt/c1-41(2,38-23-20-29-16-11-19-37(45)39(29)43-38)31-21-22-33-32-17-9-10-18-35(32)44(36(33)25-31)40-34(28-14-7-4-8-15-28)24-30(26-42-40)27-12-5-3-6-13-27;/h3-24,26,45H,1-2H3;/q-1;. The molecule has 0 spiro atoms. The molecule has 3 aromatic heterocycles. The van der Waals surface area contributed by atoms with Crippen molar-refractivity contribution >= 4 is 32.7 Å². The Labute approximate surface area is 282 Å². The molecular formula is C41H30N3OPt-. The summed E-state index contributed by atoms with van der Waals surface area (Å²) in [7, 11) is 0. The molecule has 0 aliphatic rings. The molecule has 0 aliphatic heterocycles. The second kappa shape index (κ2) is 11.7. The van der Waals surface area contributed by atoms with Gasteiger partial charge in [0, 0.05) is 60.4 Å². The Morgan fingerprint density at radius 3 is 2.17 bits per heavy atom. The Hall–Kier alpha value is -5.05. The third kappa shape index (κ3) is 4.90. The molecule has 226 valence electrons. The van der Waals surface area contributed by atoms with E-state index in [2.05, 4.69) is 115 Å². The fourth-order valence-corrected chi connectivity index (χ4v) is 6.35. The van der Waals surface area contributed by atoms with E-state index < -0.39 is 5.41 Å². The Morgan fingerprint density at radius 2 is 1.39 bits per heavy atom. The van der Waals surface area contributed by atoms with Gasteiger partial charge in [0.15, 0.2) is 0 Å². The topological polar surface area (TPSA) is 50.9 Å². The van der Waals surface area contributed by atoms with Gasteiger partial charge in [-0.15, -0.1) is 10.9 Å². The molecule has 0 atom stereocenters. The Kier molecular flexibility index (Phi) is 7.55. The van der Waals surface area contributed by atoms with E-state index in [4.69, 9.17) is 9.97 Å². The molecule has 0 saturated carbocycles. The van der Waals surface area contributed by atoms with Gasteiger partial charge in [0.1, 0.15) is 17.1 Å². The number of pyridine rings is 2. The van der Waals surface area contributed by atoms with E-state index in [-0.39, 0.29) is 26.8 Å². The maximum atomic E-state index is 10.5. The first-order valence-electron chi connectivity index (χ1n) is 15.2. The van der Waals surface area contributed by atoms with Crippen LogP contribution in [0.15, 0.2) is 140 Å². The van der Waals surface area contributed by atoms with Crippen molar-refractivity contribution in [3.05, 3.63) is 157 Å². The maximum absolute atomic E-state index is 10.5. The van der Waals surface area contributed by atoms with Gasteiger partial charge in [0.05, 0.1) is 0 Å². The number of nitrogens with zero attached hydrogens (tertiary/aromatic N) is 3. The molecule has 0 saturated heterocycles. The summed E-state index contributed by atoms with van der Waals surface area (Å²) in [6.45, 7) is 4.32. The van der Waals surface area contributed by atoms with E-state index in [1.807, 2.05) is 42.6 Å². The van der Waals surface area contributed by atoms with E-state index in [0.717, 1.165) is 66.5 Å². The number of benzene rings is 5. The summed E-state index contributed by atoms with van der Waals surface area (Å²) < 4.78 is 2.25. The maximum Gasteiger partial charge on any atom is 0.143 e. The predicted molar refractivity (Wildman–Crippen MR) is 184 cm³/mol. The van der Waals surface area contributed by atoms with Gasteiger partial charge in [-0.05, 0) is 40.8 Å². The SMILES string of the molecule is CC(C)(c1[c-]c2c(cc1)c1ccccc1n2-c1ncc(-c2ccccc2)cc1-c1ccccc1)c1ccc2cccc(O)c2n1.[Pt]. The largest absolute Gasteiger partial charge is 0.506 e. The van der Waals surface area contributed by atoms with Crippen LogP contribution < -0.4 is 0 Å². The van der Waals surface area contributed by atoms with Crippen molar-refractivity contribution in [2.75, 3.05) is 0 Å². The fourth-order valence-electron chi connectivity index (χ4n) is 6.35. The van der Waals surface area contributed by atoms with Crippen LogP contribution in [-0.2, 0) is 26.5 Å². The minimum atomic E-state index is -0.487. The number of aromatic nitrogens is 3. The average molecular weight is 776 g/mol. The molecule has 8 aromatic rings. The predicted octanol–water partition coefficient (Wildman–Crippen LogP) is 9.89. The number of fused-ring (bicyclic) bond motifs is 4. The van der Waals surface area contributed by atoms with Crippen molar-refractivity contribution < 1.29 is 26.2 Å². The van der Waals surface area contributed by atoms with Crippen LogP contribution in [0.1, 0.15) is 25.1 Å². The molecule has 46 heavy (non-hydrogen) atoms. The van der Waals surface area contributed by atoms with Crippen LogP contribution in [0.25, 0.3) is 60.8 Å². The van der Waals surface area contributed by atoms with Crippen molar-refractivity contribution in [1.82, 2.24) is 14.5 Å². The smallest absolute Gasteiger partial charge is 0.143 e. The number of hydrogen-bond donors (Lipinski definition) is 1. The number of para-hydroxylation sites is 2. The third-order valence-corrected chi connectivity index (χ3v) is 8.87. The first kappa shape index (κ1) is 29.6. The van der Waals surface area contributed by atoms with Crippen LogP contribution >= 0.6 is 0 Å². The zero-order chi connectivity index (χ0) is 30.5. The number of hydrogen-bond acceptors (Lipinski definition) is 3. The summed E-state index contributed by atoms with van der Waals surface area (Å²) in [5, 5.41) is 13.7. The molecular weight excluding hydrogens is 746 g/mol. The Bertz CT molecular complexity index is 2360. The van der Waals surface area contributed by atoms with Crippen molar-refractivity contribution in [3.63, 3.8) is 0 Å². The first-order chi connectivity index (χ1) is 22.0. The minimum Gasteiger partial charge on any atom is -0.506 e. The quantitative estimate of drug-likeness (QED) is 0.177. The van der Waals surface area contributed by atoms with Gasteiger partial charge < -0.3 is 9.67 Å². The minimum absolute atomic E-state index is 0. The van der Waals surface area contributed by atoms with Crippen LogP contribution in [0.3, 0.4) is 0 Å². The van der Waals surface area contributed by atoms with E-state index in [1.165, 1.54) is 0 Å². The summed E-state index contributed by atoms with van der Waals surface area (Å²) in [5.41, 5.74) is 8.36. The van der Waals surface area contributed by atoms with E-state index in [1.54, 1.807) is 6.07 Å². The molecule has 0 radical (unpaired) electrons. The molecule has 1 N–H and O–H groups in total. The first-order valence-corrected chi connectivity index (χ1v) is 15.2. The molecule has 8 rings (SSSR count). The van der Waals surface area contributed by atoms with Crippen molar-refractivity contribution in [3.8, 4) is 33.8 Å². The monoisotopic (exact) mass is 775 g/mol. The molecule has 5 heteroatoms. The van der Waals surface area contributed by atoms with Crippen LogP contribution in [-0.4, -0.2) is 19.6 Å². The molecule has 0 fully saturated rings. The van der Waals surface area contributed by atoms with Gasteiger partial charge >= 0.3 is 0 Å². The Balaban J connectivity index is 0.00000338. The average Bonchev–Trinajstić information content (AvgIpc) is 3.42. The second-order valence-electron chi connectivity index (χ2n) is 12.0. The van der Waals surface area contributed by atoms with E-state index >= 15 is 0 Å². The summed E-state index contributed by atoms with van der Waals surface area (Å²) >= 11 is 0. The third-order valence-electron chi connectivity index (χ3n) is 8.87. The van der Waals surface area contributed by atoms with Gasteiger partial charge in [-0.2, -0.15) is 18.2 Å². The zero-order valence-corrected chi connectivity index (χ0v) is 27.7. The van der Waals surface area contributed by atoms with Gasteiger partial charge in [-0.25, -0.2) is 9.97 Å². The summed E-state index contributed by atoms with van der Waals surface area (Å²) in [5.74, 6) is 1.04. The van der Waals surface area contributed by atoms with Crippen LogP contribution in [0.2, 0.25) is 0 Å². The summed E-state index contributed by atoms with van der Waals surface area (Å²) in [6.07, 6.45) is 1.97. The normalized spacial score (nSPS) is 11.6. The number of aromatic hydroxyl groups is 1. The van der Waals surface area contributed by atoms with E-state index in [9.17, 15) is 5.11 Å². The molecule has 4 nitrogen and oxygen atoms in total. The van der Waals surface area contributed by atoms with Crippen LogP contribution in [0.4, 0.5) is 0 Å². The molecule has 5 aromatic carbocycles. The summed E-state index contributed by atoms with van der Waals surface area (Å²) in [4.78, 5) is 10.1. The molecule has 0 unspecified atom stereocenters. The second-order valence-corrected chi connectivity index (χ2v) is 12.0. The summed E-state index contributed by atoms with van der Waals surface area (Å²) in [6, 6.07) is 49.3. The number of phenols is 1. The number of phenolic OH excluding ortho intramolecular Hbond substituents is 1. The number of rotatable bonds is 5. The molecule has 0 bridgehead atoms. The fraction of sp³-hybridized carbons (Fsp3) is 0.0732. The molecule has 3 heterocycles. The van der Waals surface area contributed by atoms with Gasteiger partial charge in [-0.3, -0.25) is 0 Å².